The first-order chi connectivity index (χ1) is 13.6. The maximum absolute atomic E-state index is 13.1. The zero-order valence-corrected chi connectivity index (χ0v) is 15.9. The fourth-order valence-electron chi connectivity index (χ4n) is 2.81. The van der Waals surface area contributed by atoms with Crippen molar-refractivity contribution in [2.24, 2.45) is 5.73 Å². The Balaban J connectivity index is 1.93. The van der Waals surface area contributed by atoms with Crippen LogP contribution >= 0.6 is 11.3 Å². The van der Waals surface area contributed by atoms with Gasteiger partial charge in [0.25, 0.3) is 0 Å². The van der Waals surface area contributed by atoms with Crippen LogP contribution < -0.4 is 11.4 Å². The van der Waals surface area contributed by atoms with Gasteiger partial charge in [-0.05, 0) is 41.8 Å². The van der Waals surface area contributed by atoms with Crippen LogP contribution in [0.1, 0.15) is 27.7 Å². The van der Waals surface area contributed by atoms with Crippen LogP contribution in [0.2, 0.25) is 0 Å². The van der Waals surface area contributed by atoms with Gasteiger partial charge in [0.05, 0.1) is 25.0 Å². The van der Waals surface area contributed by atoms with Crippen molar-refractivity contribution in [3.05, 3.63) is 75.6 Å². The molecular formula is C19H19FN4O3S. The molecule has 0 saturated heterocycles. The summed E-state index contributed by atoms with van der Waals surface area (Å²) in [6.45, 7) is 0.0623. The number of hydrogen-bond acceptors (Lipinski definition) is 6. The molecule has 0 radical (unpaired) electrons. The Labute approximate surface area is 164 Å². The second-order valence-electron chi connectivity index (χ2n) is 6.03. The number of H-pyrrole nitrogens is 1. The monoisotopic (exact) mass is 402 g/mol. The third-order valence-electron chi connectivity index (χ3n) is 4.33. The standard InChI is InChI=1S/C19H19FN4O3S/c1-27-18(25)14-4-2-13(3-5-14)16-6-7-17(28-16)15(8-12(9-20)10-21)24-11-22-23-19(24)26/h2-7,9,11,15H,8,10,21H2,1H3,(H,23,26)/b12-9+. The van der Waals surface area contributed by atoms with Crippen LogP contribution in [-0.4, -0.2) is 34.4 Å². The lowest BCUT2D eigenvalue weighted by Crippen LogP contribution is -2.23. The number of carbonyl (C=O) groups excluding carboxylic acids is 1. The van der Waals surface area contributed by atoms with Crippen LogP contribution in [0.5, 0.6) is 0 Å². The predicted octanol–water partition coefficient (Wildman–Crippen LogP) is 2.88. The number of hydrogen-bond donors (Lipinski definition) is 2. The van der Waals surface area contributed by atoms with Gasteiger partial charge in [-0.3, -0.25) is 4.57 Å². The fraction of sp³-hybridized carbons (Fsp3) is 0.211. The number of carbonyl (C=O) groups is 1. The maximum atomic E-state index is 13.1. The van der Waals surface area contributed by atoms with Crippen molar-refractivity contribution in [3.63, 3.8) is 0 Å². The molecule has 3 aromatic rings. The molecule has 2 aromatic heterocycles. The second-order valence-corrected chi connectivity index (χ2v) is 7.15. The van der Waals surface area contributed by atoms with E-state index in [0.29, 0.717) is 17.5 Å². The Morgan fingerprint density at radius 3 is 2.68 bits per heavy atom. The number of aromatic amines is 1. The van der Waals surface area contributed by atoms with E-state index in [0.717, 1.165) is 15.3 Å². The molecule has 0 bridgehead atoms. The summed E-state index contributed by atoms with van der Waals surface area (Å²) in [6, 6.07) is 10.4. The van der Waals surface area contributed by atoms with E-state index >= 15 is 0 Å². The summed E-state index contributed by atoms with van der Waals surface area (Å²) in [5.74, 6) is -0.398. The number of esters is 1. The van der Waals surface area contributed by atoms with Gasteiger partial charge in [0.1, 0.15) is 6.33 Å². The molecule has 1 aromatic carbocycles. The zero-order chi connectivity index (χ0) is 20.1. The third-order valence-corrected chi connectivity index (χ3v) is 5.57. The van der Waals surface area contributed by atoms with Gasteiger partial charge in [-0.15, -0.1) is 11.3 Å². The largest absolute Gasteiger partial charge is 0.465 e. The van der Waals surface area contributed by atoms with Crippen molar-refractivity contribution in [1.29, 1.82) is 0 Å². The number of benzene rings is 1. The number of nitrogens with two attached hydrogens (primary N) is 1. The number of nitrogens with zero attached hydrogens (tertiary/aromatic N) is 2. The molecule has 0 aliphatic heterocycles. The summed E-state index contributed by atoms with van der Waals surface area (Å²) in [5.41, 5.74) is 7.00. The molecule has 0 fully saturated rings. The summed E-state index contributed by atoms with van der Waals surface area (Å²) in [5, 5.41) is 6.13. The van der Waals surface area contributed by atoms with Crippen LogP contribution in [0.4, 0.5) is 4.39 Å². The SMILES string of the molecule is COC(=O)c1ccc(-c2ccc(C(C/C(=C\F)CN)n3cn[nH]c3=O)s2)cc1. The van der Waals surface area contributed by atoms with Gasteiger partial charge in [-0.2, -0.15) is 5.10 Å². The number of rotatable bonds is 7. The van der Waals surface area contributed by atoms with Gasteiger partial charge in [0, 0.05) is 16.3 Å². The Hall–Kier alpha value is -3.04. The highest BCUT2D eigenvalue weighted by Gasteiger charge is 2.20. The lowest BCUT2D eigenvalue weighted by molar-refractivity contribution is 0.0601. The lowest BCUT2D eigenvalue weighted by atomic mass is 10.1. The van der Waals surface area contributed by atoms with E-state index in [2.05, 4.69) is 10.2 Å². The number of methoxy groups -OCH3 is 1. The summed E-state index contributed by atoms with van der Waals surface area (Å²) in [6.07, 6.45) is 2.13. The molecule has 0 amide bonds. The van der Waals surface area contributed by atoms with Crippen LogP contribution in [0, 0.1) is 0 Å². The van der Waals surface area contributed by atoms with Gasteiger partial charge in [0.15, 0.2) is 0 Å². The smallest absolute Gasteiger partial charge is 0.343 e. The highest BCUT2D eigenvalue weighted by molar-refractivity contribution is 7.15. The van der Waals surface area contributed by atoms with E-state index in [1.165, 1.54) is 29.3 Å². The van der Waals surface area contributed by atoms with Gasteiger partial charge < -0.3 is 10.5 Å². The topological polar surface area (TPSA) is 103 Å². The molecule has 2 heterocycles. The molecule has 1 unspecified atom stereocenters. The molecule has 0 aliphatic carbocycles. The molecule has 146 valence electrons. The fourth-order valence-corrected chi connectivity index (χ4v) is 3.92. The first-order valence-corrected chi connectivity index (χ1v) is 9.27. The summed E-state index contributed by atoms with van der Waals surface area (Å²) < 4.78 is 19.2. The number of nitrogens with one attached hydrogen (secondary N) is 1. The van der Waals surface area contributed by atoms with E-state index < -0.39 is 12.0 Å². The molecule has 0 saturated carbocycles. The van der Waals surface area contributed by atoms with E-state index in [9.17, 15) is 14.0 Å². The quantitative estimate of drug-likeness (QED) is 0.592. The van der Waals surface area contributed by atoms with Crippen molar-refractivity contribution in [1.82, 2.24) is 14.8 Å². The number of aromatic nitrogens is 3. The van der Waals surface area contributed by atoms with Gasteiger partial charge >= 0.3 is 11.7 Å². The minimum atomic E-state index is -0.426. The Bertz CT molecular complexity index is 1040. The molecule has 3 N–H and O–H groups in total. The molecule has 7 nitrogen and oxygen atoms in total. The van der Waals surface area contributed by atoms with E-state index in [-0.39, 0.29) is 18.7 Å². The van der Waals surface area contributed by atoms with Crippen molar-refractivity contribution < 1.29 is 13.9 Å². The predicted molar refractivity (Wildman–Crippen MR) is 105 cm³/mol. The minimum absolute atomic E-state index is 0.0623. The molecule has 3 rings (SSSR count). The highest BCUT2D eigenvalue weighted by atomic mass is 32.1. The molecule has 0 spiro atoms. The second kappa shape index (κ2) is 8.77. The van der Waals surface area contributed by atoms with Crippen molar-refractivity contribution >= 4 is 17.3 Å². The molecule has 28 heavy (non-hydrogen) atoms. The first-order valence-electron chi connectivity index (χ1n) is 8.45. The normalized spacial score (nSPS) is 12.8. The number of ether oxygens (including phenoxy) is 1. The highest BCUT2D eigenvalue weighted by Crippen LogP contribution is 2.35. The molecule has 1 atom stereocenters. The van der Waals surface area contributed by atoms with Crippen molar-refractivity contribution in [3.8, 4) is 10.4 Å². The Kier molecular flexibility index (Phi) is 6.17. The van der Waals surface area contributed by atoms with Crippen LogP contribution in [0.3, 0.4) is 0 Å². The zero-order valence-electron chi connectivity index (χ0n) is 15.1. The molecular weight excluding hydrogens is 383 g/mol. The Morgan fingerprint density at radius 2 is 2.11 bits per heavy atom. The van der Waals surface area contributed by atoms with Crippen molar-refractivity contribution in [2.75, 3.05) is 13.7 Å². The van der Waals surface area contributed by atoms with E-state index in [1.807, 2.05) is 24.3 Å². The molecule has 9 heteroatoms. The van der Waals surface area contributed by atoms with Gasteiger partial charge in [-0.25, -0.2) is 19.1 Å². The van der Waals surface area contributed by atoms with Crippen LogP contribution in [-0.2, 0) is 4.74 Å². The maximum Gasteiger partial charge on any atom is 0.343 e. The molecule has 0 aliphatic rings. The van der Waals surface area contributed by atoms with E-state index in [4.69, 9.17) is 10.5 Å². The third kappa shape index (κ3) is 4.10. The summed E-state index contributed by atoms with van der Waals surface area (Å²) in [4.78, 5) is 25.4. The average molecular weight is 402 g/mol. The Morgan fingerprint density at radius 1 is 1.36 bits per heavy atom. The van der Waals surface area contributed by atoms with Crippen LogP contribution in [0.25, 0.3) is 10.4 Å². The van der Waals surface area contributed by atoms with Gasteiger partial charge in [0.2, 0.25) is 0 Å². The lowest BCUT2D eigenvalue weighted by Gasteiger charge is -2.16. The van der Waals surface area contributed by atoms with Gasteiger partial charge in [-0.1, -0.05) is 12.1 Å². The number of halogens is 1. The summed E-state index contributed by atoms with van der Waals surface area (Å²) in [7, 11) is 1.33. The van der Waals surface area contributed by atoms with Crippen molar-refractivity contribution in [2.45, 2.75) is 12.5 Å². The van der Waals surface area contributed by atoms with Crippen LogP contribution in [0.15, 0.2) is 59.4 Å². The van der Waals surface area contributed by atoms with E-state index in [1.54, 1.807) is 12.1 Å². The minimum Gasteiger partial charge on any atom is -0.465 e. The summed E-state index contributed by atoms with van der Waals surface area (Å²) >= 11 is 1.48. The first kappa shape index (κ1) is 19.7. The average Bonchev–Trinajstić information content (AvgIpc) is 3.38. The number of thiophene rings is 1.